The second-order valence-corrected chi connectivity index (χ2v) is 3.27. The molecule has 0 saturated carbocycles. The van der Waals surface area contributed by atoms with Crippen molar-refractivity contribution in [3.8, 4) is 0 Å². The molecule has 0 bridgehead atoms. The molecule has 0 aliphatic rings. The van der Waals surface area contributed by atoms with Gasteiger partial charge in [0.1, 0.15) is 0 Å². The molecule has 0 aliphatic carbocycles. The molecule has 1 heteroatoms. The van der Waals surface area contributed by atoms with Gasteiger partial charge in [-0.05, 0) is 12.5 Å². The van der Waals surface area contributed by atoms with Crippen LogP contribution < -0.4 is 0 Å². The summed E-state index contributed by atoms with van der Waals surface area (Å²) in [5, 5.41) is 8.49. The highest BCUT2D eigenvalue weighted by atomic mass is 16.2. The number of aliphatic hydroxyl groups is 1. The van der Waals surface area contributed by atoms with Gasteiger partial charge in [-0.3, -0.25) is 0 Å². The fourth-order valence-electron chi connectivity index (χ4n) is 1.11. The zero-order valence-corrected chi connectivity index (χ0v) is 8.93. The highest BCUT2D eigenvalue weighted by Crippen LogP contribution is 2.04. The summed E-state index contributed by atoms with van der Waals surface area (Å²) in [5.41, 5.74) is 2.46. The van der Waals surface area contributed by atoms with E-state index in [0.717, 1.165) is 0 Å². The zero-order valence-electron chi connectivity index (χ0n) is 8.93. The van der Waals surface area contributed by atoms with Crippen molar-refractivity contribution in [2.45, 2.75) is 6.92 Å². The van der Waals surface area contributed by atoms with Crippen molar-refractivity contribution in [1.29, 1.82) is 0 Å². The molecule has 0 saturated heterocycles. The van der Waals surface area contributed by atoms with E-state index in [1.807, 2.05) is 30.4 Å². The van der Waals surface area contributed by atoms with Crippen LogP contribution in [0.25, 0.3) is 6.08 Å². The van der Waals surface area contributed by atoms with Crippen molar-refractivity contribution in [3.63, 3.8) is 0 Å². The minimum atomic E-state index is 0.0893. The molecule has 1 N–H and O–H groups in total. The summed E-state index contributed by atoms with van der Waals surface area (Å²) in [4.78, 5) is 0. The van der Waals surface area contributed by atoms with Gasteiger partial charge >= 0.3 is 0 Å². The Labute approximate surface area is 91.1 Å². The lowest BCUT2D eigenvalue weighted by Gasteiger charge is -1.92. The predicted octanol–water partition coefficient (Wildman–Crippen LogP) is 3.11. The van der Waals surface area contributed by atoms with Gasteiger partial charge in [-0.15, -0.1) is 0 Å². The van der Waals surface area contributed by atoms with Gasteiger partial charge in [0, 0.05) is 0 Å². The summed E-state index contributed by atoms with van der Waals surface area (Å²) in [6.45, 7) is 2.17. The minimum absolute atomic E-state index is 0.0893. The van der Waals surface area contributed by atoms with Gasteiger partial charge in [-0.1, -0.05) is 66.3 Å². The highest BCUT2D eigenvalue weighted by molar-refractivity contribution is 5.51. The van der Waals surface area contributed by atoms with Gasteiger partial charge in [0.15, 0.2) is 0 Å². The first-order chi connectivity index (χ1) is 7.33. The van der Waals surface area contributed by atoms with Gasteiger partial charge in [-0.25, -0.2) is 0 Å². The van der Waals surface area contributed by atoms with E-state index in [1.165, 1.54) is 11.1 Å². The van der Waals surface area contributed by atoms with Crippen LogP contribution in [0, 0.1) is 6.92 Å². The van der Waals surface area contributed by atoms with Gasteiger partial charge in [0.05, 0.1) is 6.61 Å². The monoisotopic (exact) mass is 200 g/mol. The van der Waals surface area contributed by atoms with Crippen LogP contribution in [0.1, 0.15) is 11.1 Å². The number of hydrogen-bond donors (Lipinski definition) is 1. The van der Waals surface area contributed by atoms with Crippen LogP contribution in [0.4, 0.5) is 0 Å². The minimum Gasteiger partial charge on any atom is -0.392 e. The smallest absolute Gasteiger partial charge is 0.0615 e. The van der Waals surface area contributed by atoms with Gasteiger partial charge in [-0.2, -0.15) is 0 Å². The third-order valence-corrected chi connectivity index (χ3v) is 1.94. The number of hydrogen-bond acceptors (Lipinski definition) is 1. The number of aliphatic hydroxyl groups excluding tert-OH is 1. The first kappa shape index (κ1) is 11.5. The molecule has 0 heterocycles. The van der Waals surface area contributed by atoms with E-state index in [-0.39, 0.29) is 6.61 Å². The first-order valence-electron chi connectivity index (χ1n) is 5.00. The van der Waals surface area contributed by atoms with Crippen LogP contribution in [0.15, 0.2) is 54.6 Å². The van der Waals surface area contributed by atoms with Crippen molar-refractivity contribution >= 4 is 6.08 Å². The van der Waals surface area contributed by atoms with Crippen LogP contribution in [0.3, 0.4) is 0 Å². The Hall–Kier alpha value is -1.60. The molecule has 78 valence electrons. The fraction of sp³-hybridized carbons (Fsp3) is 0.143. The van der Waals surface area contributed by atoms with E-state index < -0.39 is 0 Å². The molecular formula is C14H16O. The second kappa shape index (κ2) is 6.80. The molecule has 15 heavy (non-hydrogen) atoms. The Morgan fingerprint density at radius 1 is 1.00 bits per heavy atom. The number of rotatable bonds is 4. The summed E-state index contributed by atoms with van der Waals surface area (Å²) in [5.74, 6) is 0. The van der Waals surface area contributed by atoms with Crippen molar-refractivity contribution in [2.24, 2.45) is 0 Å². The molecule has 0 spiro atoms. The summed E-state index contributed by atoms with van der Waals surface area (Å²) < 4.78 is 0. The van der Waals surface area contributed by atoms with Crippen molar-refractivity contribution in [1.82, 2.24) is 0 Å². The van der Waals surface area contributed by atoms with Gasteiger partial charge < -0.3 is 5.11 Å². The van der Waals surface area contributed by atoms with E-state index in [9.17, 15) is 0 Å². The summed E-state index contributed by atoms with van der Waals surface area (Å²) in [6, 6.07) is 8.36. The largest absolute Gasteiger partial charge is 0.392 e. The van der Waals surface area contributed by atoms with E-state index in [0.29, 0.717) is 0 Å². The third-order valence-electron chi connectivity index (χ3n) is 1.94. The standard InChI is InChI=1S/C14H16O/c1-13-8-10-14(11-9-13)7-5-3-2-4-6-12-15/h2-11,15H,12H2,1H3/b3-2+,6-4+,7-5?. The Morgan fingerprint density at radius 2 is 1.67 bits per heavy atom. The number of aryl methyl sites for hydroxylation is 1. The zero-order chi connectivity index (χ0) is 10.9. The fourth-order valence-corrected chi connectivity index (χ4v) is 1.11. The van der Waals surface area contributed by atoms with Crippen molar-refractivity contribution in [3.05, 3.63) is 65.8 Å². The van der Waals surface area contributed by atoms with E-state index in [1.54, 1.807) is 6.08 Å². The number of allylic oxidation sites excluding steroid dienone is 4. The molecule has 1 rings (SSSR count). The van der Waals surface area contributed by atoms with E-state index in [4.69, 9.17) is 5.11 Å². The number of benzene rings is 1. The summed E-state index contributed by atoms with van der Waals surface area (Å²) in [7, 11) is 0. The maximum absolute atomic E-state index is 8.49. The maximum atomic E-state index is 8.49. The average molecular weight is 200 g/mol. The quantitative estimate of drug-likeness (QED) is 0.740. The van der Waals surface area contributed by atoms with Gasteiger partial charge in [0.25, 0.3) is 0 Å². The Bertz CT molecular complexity index is 355. The molecule has 1 aromatic rings. The third kappa shape index (κ3) is 4.99. The van der Waals surface area contributed by atoms with Gasteiger partial charge in [0.2, 0.25) is 0 Å². The molecule has 0 atom stereocenters. The first-order valence-corrected chi connectivity index (χ1v) is 5.00. The topological polar surface area (TPSA) is 20.2 Å². The Kier molecular flexibility index (Phi) is 5.20. The van der Waals surface area contributed by atoms with Crippen molar-refractivity contribution < 1.29 is 5.11 Å². The molecular weight excluding hydrogens is 184 g/mol. The Morgan fingerprint density at radius 3 is 2.33 bits per heavy atom. The molecule has 1 nitrogen and oxygen atoms in total. The lowest BCUT2D eigenvalue weighted by molar-refractivity contribution is 0.343. The molecule has 1 aromatic carbocycles. The van der Waals surface area contributed by atoms with Crippen LogP contribution in [-0.4, -0.2) is 11.7 Å². The lowest BCUT2D eigenvalue weighted by atomic mass is 10.1. The van der Waals surface area contributed by atoms with Crippen LogP contribution in [0.5, 0.6) is 0 Å². The van der Waals surface area contributed by atoms with E-state index >= 15 is 0 Å². The Balaban J connectivity index is 2.47. The SMILES string of the molecule is Cc1ccc(C=C/C=C/C=C/CO)cc1. The van der Waals surface area contributed by atoms with Crippen LogP contribution in [0.2, 0.25) is 0 Å². The van der Waals surface area contributed by atoms with E-state index in [2.05, 4.69) is 31.2 Å². The molecule has 0 amide bonds. The van der Waals surface area contributed by atoms with Crippen molar-refractivity contribution in [2.75, 3.05) is 6.61 Å². The normalized spacial score (nSPS) is 12.1. The molecule has 0 unspecified atom stereocenters. The summed E-state index contributed by atoms with van der Waals surface area (Å²) >= 11 is 0. The molecule has 0 aromatic heterocycles. The summed E-state index contributed by atoms with van der Waals surface area (Å²) in [6.07, 6.45) is 11.4. The maximum Gasteiger partial charge on any atom is 0.0615 e. The predicted molar refractivity (Wildman–Crippen MR) is 65.6 cm³/mol. The second-order valence-electron chi connectivity index (χ2n) is 3.27. The lowest BCUT2D eigenvalue weighted by Crippen LogP contribution is -1.72. The molecule has 0 aliphatic heterocycles. The highest BCUT2D eigenvalue weighted by Gasteiger charge is 1.83. The molecule has 0 radical (unpaired) electrons. The molecule has 0 fully saturated rings. The van der Waals surface area contributed by atoms with Crippen LogP contribution >= 0.6 is 0 Å². The average Bonchev–Trinajstić information content (AvgIpc) is 2.26. The van der Waals surface area contributed by atoms with Crippen LogP contribution in [-0.2, 0) is 0 Å².